The van der Waals surface area contributed by atoms with Gasteiger partial charge in [-0.3, -0.25) is 0 Å². The molecule has 2 N–H and O–H groups in total. The van der Waals surface area contributed by atoms with Crippen LogP contribution in [-0.2, 0) is 0 Å². The Hall–Kier alpha value is -0.0800. The second-order valence-electron chi connectivity index (χ2n) is 6.06. The minimum absolute atomic E-state index is 0.532. The molecule has 0 aromatic rings. The summed E-state index contributed by atoms with van der Waals surface area (Å²) in [5.41, 5.74) is -0.532. The fraction of sp³-hybridized carbons (Fsp3) is 1.00. The number of hydrogen-bond donors (Lipinski definition) is 2. The molecule has 0 aromatic carbocycles. The van der Waals surface area contributed by atoms with Gasteiger partial charge in [-0.25, -0.2) is 0 Å². The summed E-state index contributed by atoms with van der Waals surface area (Å²) in [6, 6.07) is 0.612. The van der Waals surface area contributed by atoms with Crippen molar-refractivity contribution in [2.24, 2.45) is 5.92 Å². The van der Waals surface area contributed by atoms with Gasteiger partial charge < -0.3 is 10.4 Å². The van der Waals surface area contributed by atoms with E-state index in [1.807, 2.05) is 13.8 Å². The van der Waals surface area contributed by atoms with Gasteiger partial charge in [0.2, 0.25) is 0 Å². The molecule has 96 valence electrons. The van der Waals surface area contributed by atoms with Crippen LogP contribution in [-0.4, -0.2) is 23.3 Å². The van der Waals surface area contributed by atoms with Crippen LogP contribution >= 0.6 is 0 Å². The lowest BCUT2D eigenvalue weighted by Gasteiger charge is -2.25. The van der Waals surface area contributed by atoms with Gasteiger partial charge in [0.15, 0.2) is 0 Å². The zero-order valence-corrected chi connectivity index (χ0v) is 11.3. The van der Waals surface area contributed by atoms with Crippen LogP contribution in [0.5, 0.6) is 0 Å². The fourth-order valence-corrected chi connectivity index (χ4v) is 2.58. The lowest BCUT2D eigenvalue weighted by atomic mass is 9.92. The molecule has 0 unspecified atom stereocenters. The molecule has 1 aliphatic rings. The summed E-state index contributed by atoms with van der Waals surface area (Å²) in [4.78, 5) is 0. The van der Waals surface area contributed by atoms with Crippen molar-refractivity contribution in [3.63, 3.8) is 0 Å². The maximum absolute atomic E-state index is 9.65. The first-order valence-corrected chi connectivity index (χ1v) is 6.95. The van der Waals surface area contributed by atoms with E-state index in [1.165, 1.54) is 38.5 Å². The minimum atomic E-state index is -0.532. The standard InChI is InChI=1S/C14H29NO/c1-12(15-11-10-14(2,3)16)13-8-6-4-5-7-9-13/h12-13,15-16H,4-11H2,1-3H3/t12-/m1/s1. The van der Waals surface area contributed by atoms with Crippen LogP contribution < -0.4 is 5.32 Å². The first-order valence-electron chi connectivity index (χ1n) is 6.95. The number of rotatable bonds is 5. The molecule has 0 heterocycles. The van der Waals surface area contributed by atoms with E-state index in [4.69, 9.17) is 0 Å². The zero-order chi connectivity index (χ0) is 12.0. The normalized spacial score (nSPS) is 21.8. The molecule has 0 spiro atoms. The Morgan fingerprint density at radius 2 is 1.75 bits per heavy atom. The Balaban J connectivity index is 2.20. The second kappa shape index (κ2) is 6.61. The topological polar surface area (TPSA) is 32.3 Å². The van der Waals surface area contributed by atoms with E-state index in [-0.39, 0.29) is 0 Å². The highest BCUT2D eigenvalue weighted by Crippen LogP contribution is 2.25. The smallest absolute Gasteiger partial charge is 0.0603 e. The summed E-state index contributed by atoms with van der Waals surface area (Å²) in [6.45, 7) is 7.00. The third-order valence-corrected chi connectivity index (χ3v) is 3.81. The van der Waals surface area contributed by atoms with Crippen LogP contribution in [0.3, 0.4) is 0 Å². The quantitative estimate of drug-likeness (QED) is 0.707. The molecule has 1 aliphatic carbocycles. The van der Waals surface area contributed by atoms with Gasteiger partial charge in [-0.2, -0.15) is 0 Å². The number of nitrogens with one attached hydrogen (secondary N) is 1. The van der Waals surface area contributed by atoms with Crippen molar-refractivity contribution in [2.45, 2.75) is 77.4 Å². The monoisotopic (exact) mass is 227 g/mol. The highest BCUT2D eigenvalue weighted by molar-refractivity contribution is 4.76. The molecule has 1 fully saturated rings. The summed E-state index contributed by atoms with van der Waals surface area (Å²) in [7, 11) is 0. The molecule has 1 saturated carbocycles. The largest absolute Gasteiger partial charge is 0.390 e. The lowest BCUT2D eigenvalue weighted by molar-refractivity contribution is 0.0697. The molecular weight excluding hydrogens is 198 g/mol. The third kappa shape index (κ3) is 5.86. The average molecular weight is 227 g/mol. The summed E-state index contributed by atoms with van der Waals surface area (Å²) in [6.07, 6.45) is 9.27. The van der Waals surface area contributed by atoms with E-state index in [1.54, 1.807) is 0 Å². The van der Waals surface area contributed by atoms with Gasteiger partial charge >= 0.3 is 0 Å². The average Bonchev–Trinajstić information content (AvgIpc) is 2.43. The molecule has 1 rings (SSSR count). The van der Waals surface area contributed by atoms with Gasteiger partial charge in [0, 0.05) is 6.04 Å². The van der Waals surface area contributed by atoms with E-state index in [0.29, 0.717) is 6.04 Å². The van der Waals surface area contributed by atoms with Crippen LogP contribution in [0.1, 0.15) is 65.7 Å². The van der Waals surface area contributed by atoms with Gasteiger partial charge in [0.05, 0.1) is 5.60 Å². The number of hydrogen-bond acceptors (Lipinski definition) is 2. The zero-order valence-electron chi connectivity index (χ0n) is 11.3. The van der Waals surface area contributed by atoms with E-state index in [2.05, 4.69) is 12.2 Å². The summed E-state index contributed by atoms with van der Waals surface area (Å²) >= 11 is 0. The molecule has 0 amide bonds. The second-order valence-corrected chi connectivity index (χ2v) is 6.06. The molecule has 0 aliphatic heterocycles. The molecule has 0 radical (unpaired) electrons. The van der Waals surface area contributed by atoms with Crippen molar-refractivity contribution in [1.29, 1.82) is 0 Å². The van der Waals surface area contributed by atoms with Crippen LogP contribution in [0.25, 0.3) is 0 Å². The van der Waals surface area contributed by atoms with Crippen molar-refractivity contribution >= 4 is 0 Å². The Morgan fingerprint density at radius 1 is 1.19 bits per heavy atom. The first-order chi connectivity index (χ1) is 7.49. The van der Waals surface area contributed by atoms with Crippen molar-refractivity contribution in [2.75, 3.05) is 6.54 Å². The predicted molar refractivity (Wildman–Crippen MR) is 69.6 cm³/mol. The van der Waals surface area contributed by atoms with E-state index in [0.717, 1.165) is 18.9 Å². The van der Waals surface area contributed by atoms with Crippen LogP contribution in [0.15, 0.2) is 0 Å². The molecule has 2 nitrogen and oxygen atoms in total. The van der Waals surface area contributed by atoms with Gasteiger partial charge in [0.1, 0.15) is 0 Å². The minimum Gasteiger partial charge on any atom is -0.390 e. The van der Waals surface area contributed by atoms with Crippen LogP contribution in [0.4, 0.5) is 0 Å². The SMILES string of the molecule is C[C@@H](NCCC(C)(C)O)C1CCCCCC1. The fourth-order valence-electron chi connectivity index (χ4n) is 2.58. The van der Waals surface area contributed by atoms with Crippen molar-refractivity contribution in [3.8, 4) is 0 Å². The molecule has 2 heteroatoms. The van der Waals surface area contributed by atoms with Gasteiger partial charge in [-0.1, -0.05) is 25.7 Å². The van der Waals surface area contributed by atoms with Crippen molar-refractivity contribution < 1.29 is 5.11 Å². The van der Waals surface area contributed by atoms with E-state index in [9.17, 15) is 5.11 Å². The highest BCUT2D eigenvalue weighted by atomic mass is 16.3. The Kier molecular flexibility index (Phi) is 5.77. The highest BCUT2D eigenvalue weighted by Gasteiger charge is 2.19. The van der Waals surface area contributed by atoms with Crippen LogP contribution in [0, 0.1) is 5.92 Å². The molecule has 0 aromatic heterocycles. The predicted octanol–water partition coefficient (Wildman–Crippen LogP) is 3.10. The van der Waals surface area contributed by atoms with Gasteiger partial charge in [-0.05, 0) is 52.5 Å². The van der Waals surface area contributed by atoms with E-state index >= 15 is 0 Å². The maximum atomic E-state index is 9.65. The third-order valence-electron chi connectivity index (χ3n) is 3.81. The number of aliphatic hydroxyl groups is 1. The molecule has 0 bridgehead atoms. The first kappa shape index (κ1) is 14.0. The summed E-state index contributed by atoms with van der Waals surface area (Å²) in [5, 5.41) is 13.2. The summed E-state index contributed by atoms with van der Waals surface area (Å²) in [5.74, 6) is 0.851. The van der Waals surface area contributed by atoms with Gasteiger partial charge in [0.25, 0.3) is 0 Å². The Bertz CT molecular complexity index is 178. The Labute approximate surface area is 101 Å². The van der Waals surface area contributed by atoms with Crippen molar-refractivity contribution in [3.05, 3.63) is 0 Å². The summed E-state index contributed by atoms with van der Waals surface area (Å²) < 4.78 is 0. The molecule has 1 atom stereocenters. The lowest BCUT2D eigenvalue weighted by Crippen LogP contribution is -2.36. The maximum Gasteiger partial charge on any atom is 0.0603 e. The van der Waals surface area contributed by atoms with E-state index < -0.39 is 5.60 Å². The van der Waals surface area contributed by atoms with Gasteiger partial charge in [-0.15, -0.1) is 0 Å². The molecular formula is C14H29NO. The molecule has 0 saturated heterocycles. The van der Waals surface area contributed by atoms with Crippen LogP contribution in [0.2, 0.25) is 0 Å². The van der Waals surface area contributed by atoms with Crippen molar-refractivity contribution in [1.82, 2.24) is 5.32 Å². The molecule has 16 heavy (non-hydrogen) atoms. The Morgan fingerprint density at radius 3 is 2.25 bits per heavy atom.